The predicted octanol–water partition coefficient (Wildman–Crippen LogP) is 2.22. The topological polar surface area (TPSA) is 18.5 Å². The van der Waals surface area contributed by atoms with Crippen LogP contribution >= 0.6 is 0 Å². The van der Waals surface area contributed by atoms with E-state index in [0.29, 0.717) is 6.04 Å². The van der Waals surface area contributed by atoms with Crippen LogP contribution in [0.15, 0.2) is 30.3 Å². The molecule has 1 atom stereocenters. The Morgan fingerprint density at radius 3 is 2.25 bits per heavy atom. The highest BCUT2D eigenvalue weighted by Gasteiger charge is 2.32. The third-order valence-electron chi connectivity index (χ3n) is 4.43. The van der Waals surface area contributed by atoms with E-state index in [-0.39, 0.29) is 5.41 Å². The molecular weight excluding hydrogens is 246 g/mol. The molecule has 1 aromatic carbocycles. The smallest absolute Gasteiger partial charge is 0.0381 e. The maximum atomic E-state index is 3.52. The highest BCUT2D eigenvalue weighted by atomic mass is 15.2. The molecular formula is C17H29N3. The van der Waals surface area contributed by atoms with Gasteiger partial charge in [0.15, 0.2) is 0 Å². The van der Waals surface area contributed by atoms with Crippen LogP contribution in [-0.2, 0) is 0 Å². The van der Waals surface area contributed by atoms with Gasteiger partial charge in [-0.15, -0.1) is 0 Å². The van der Waals surface area contributed by atoms with Gasteiger partial charge in [-0.2, -0.15) is 0 Å². The van der Waals surface area contributed by atoms with Crippen molar-refractivity contribution in [3.63, 3.8) is 0 Å². The second-order valence-corrected chi connectivity index (χ2v) is 6.70. The van der Waals surface area contributed by atoms with Crippen molar-refractivity contribution in [3.8, 4) is 0 Å². The zero-order valence-electron chi connectivity index (χ0n) is 13.4. The van der Waals surface area contributed by atoms with Gasteiger partial charge in [0.25, 0.3) is 0 Å². The fourth-order valence-electron chi connectivity index (χ4n) is 3.33. The molecule has 1 fully saturated rings. The molecule has 1 heterocycles. The van der Waals surface area contributed by atoms with E-state index in [0.717, 1.165) is 6.54 Å². The van der Waals surface area contributed by atoms with Crippen LogP contribution in [0.2, 0.25) is 0 Å². The first-order valence-electron chi connectivity index (χ1n) is 7.66. The summed E-state index contributed by atoms with van der Waals surface area (Å²) in [5, 5.41) is 3.52. The number of likely N-dealkylation sites (N-methyl/N-ethyl adjacent to an activating group) is 1. The van der Waals surface area contributed by atoms with Crippen molar-refractivity contribution in [1.29, 1.82) is 0 Å². The first-order chi connectivity index (χ1) is 9.53. The van der Waals surface area contributed by atoms with E-state index in [1.165, 1.54) is 31.7 Å². The monoisotopic (exact) mass is 275 g/mol. The van der Waals surface area contributed by atoms with Crippen molar-refractivity contribution in [2.45, 2.75) is 19.9 Å². The molecule has 0 amide bonds. The van der Waals surface area contributed by atoms with Gasteiger partial charge in [0, 0.05) is 38.8 Å². The van der Waals surface area contributed by atoms with Crippen molar-refractivity contribution in [1.82, 2.24) is 15.1 Å². The SMILES string of the molecule is CNC(c1ccccc1)C(C)(C)CN1CCN(C)CC1. The molecule has 0 saturated carbocycles. The average molecular weight is 275 g/mol. The van der Waals surface area contributed by atoms with E-state index >= 15 is 0 Å². The molecule has 0 bridgehead atoms. The van der Waals surface area contributed by atoms with Gasteiger partial charge in [-0.05, 0) is 25.1 Å². The summed E-state index contributed by atoms with van der Waals surface area (Å²) in [4.78, 5) is 5.02. The van der Waals surface area contributed by atoms with Crippen molar-refractivity contribution in [3.05, 3.63) is 35.9 Å². The van der Waals surface area contributed by atoms with Crippen molar-refractivity contribution < 1.29 is 0 Å². The molecule has 20 heavy (non-hydrogen) atoms. The molecule has 1 unspecified atom stereocenters. The zero-order valence-corrected chi connectivity index (χ0v) is 13.4. The van der Waals surface area contributed by atoms with E-state index < -0.39 is 0 Å². The van der Waals surface area contributed by atoms with Crippen molar-refractivity contribution >= 4 is 0 Å². The number of nitrogens with one attached hydrogen (secondary N) is 1. The minimum Gasteiger partial charge on any atom is -0.313 e. The van der Waals surface area contributed by atoms with Gasteiger partial charge >= 0.3 is 0 Å². The molecule has 1 aliphatic heterocycles. The molecule has 0 aromatic heterocycles. The second-order valence-electron chi connectivity index (χ2n) is 6.70. The molecule has 1 aliphatic rings. The van der Waals surface area contributed by atoms with Crippen LogP contribution in [0.3, 0.4) is 0 Å². The van der Waals surface area contributed by atoms with Crippen LogP contribution in [0.5, 0.6) is 0 Å². The summed E-state index contributed by atoms with van der Waals surface area (Å²) in [5.74, 6) is 0. The Balaban J connectivity index is 2.04. The molecule has 0 spiro atoms. The van der Waals surface area contributed by atoms with Gasteiger partial charge in [0.1, 0.15) is 0 Å². The second kappa shape index (κ2) is 6.70. The Labute approximate surface area is 124 Å². The van der Waals surface area contributed by atoms with Crippen LogP contribution in [0, 0.1) is 5.41 Å². The van der Waals surface area contributed by atoms with E-state index in [1.54, 1.807) is 0 Å². The number of rotatable bonds is 5. The molecule has 2 rings (SSSR count). The third-order valence-corrected chi connectivity index (χ3v) is 4.43. The molecule has 112 valence electrons. The maximum absolute atomic E-state index is 3.52. The van der Waals surface area contributed by atoms with E-state index in [9.17, 15) is 0 Å². The molecule has 0 radical (unpaired) electrons. The average Bonchev–Trinajstić information content (AvgIpc) is 2.43. The van der Waals surface area contributed by atoms with Gasteiger partial charge in [-0.3, -0.25) is 0 Å². The minimum atomic E-state index is 0.214. The Kier molecular flexibility index (Phi) is 5.19. The first-order valence-corrected chi connectivity index (χ1v) is 7.66. The Morgan fingerprint density at radius 2 is 1.70 bits per heavy atom. The number of hydrogen-bond donors (Lipinski definition) is 1. The molecule has 3 nitrogen and oxygen atoms in total. The van der Waals surface area contributed by atoms with Gasteiger partial charge in [0.2, 0.25) is 0 Å². The lowest BCUT2D eigenvalue weighted by atomic mass is 9.80. The van der Waals surface area contributed by atoms with Crippen LogP contribution < -0.4 is 5.32 Å². The van der Waals surface area contributed by atoms with Crippen molar-refractivity contribution in [2.75, 3.05) is 46.8 Å². The van der Waals surface area contributed by atoms with Crippen LogP contribution in [0.1, 0.15) is 25.5 Å². The van der Waals surface area contributed by atoms with Crippen LogP contribution in [0.4, 0.5) is 0 Å². The number of nitrogens with zero attached hydrogens (tertiary/aromatic N) is 2. The number of hydrogen-bond acceptors (Lipinski definition) is 3. The highest BCUT2D eigenvalue weighted by Crippen LogP contribution is 2.34. The molecule has 3 heteroatoms. The Hall–Kier alpha value is -0.900. The summed E-state index contributed by atoms with van der Waals surface area (Å²) >= 11 is 0. The fraction of sp³-hybridized carbons (Fsp3) is 0.647. The largest absolute Gasteiger partial charge is 0.313 e. The molecule has 1 aromatic rings. The fourth-order valence-corrected chi connectivity index (χ4v) is 3.33. The summed E-state index contributed by atoms with van der Waals surface area (Å²) in [6.07, 6.45) is 0. The Morgan fingerprint density at radius 1 is 1.10 bits per heavy atom. The van der Waals surface area contributed by atoms with Gasteiger partial charge in [0.05, 0.1) is 0 Å². The molecule has 0 aliphatic carbocycles. The van der Waals surface area contributed by atoms with E-state index in [4.69, 9.17) is 0 Å². The summed E-state index contributed by atoms with van der Waals surface area (Å²) in [5.41, 5.74) is 1.60. The lowest BCUT2D eigenvalue weighted by molar-refractivity contribution is 0.0919. The predicted molar refractivity (Wildman–Crippen MR) is 86.0 cm³/mol. The molecule has 1 N–H and O–H groups in total. The van der Waals surface area contributed by atoms with Crippen molar-refractivity contribution in [2.24, 2.45) is 5.41 Å². The normalized spacial score (nSPS) is 20.0. The minimum absolute atomic E-state index is 0.214. The first kappa shape index (κ1) is 15.5. The van der Waals surface area contributed by atoms with Crippen LogP contribution in [-0.4, -0.2) is 56.6 Å². The zero-order chi connectivity index (χ0) is 14.6. The molecule has 1 saturated heterocycles. The third kappa shape index (κ3) is 3.81. The summed E-state index contributed by atoms with van der Waals surface area (Å²) < 4.78 is 0. The maximum Gasteiger partial charge on any atom is 0.0381 e. The van der Waals surface area contributed by atoms with Gasteiger partial charge in [-0.1, -0.05) is 44.2 Å². The highest BCUT2D eigenvalue weighted by molar-refractivity contribution is 5.21. The lowest BCUT2D eigenvalue weighted by Gasteiger charge is -2.41. The Bertz CT molecular complexity index is 394. The number of benzene rings is 1. The summed E-state index contributed by atoms with van der Waals surface area (Å²) in [6, 6.07) is 11.2. The van der Waals surface area contributed by atoms with Gasteiger partial charge < -0.3 is 15.1 Å². The van der Waals surface area contributed by atoms with E-state index in [1.807, 2.05) is 0 Å². The summed E-state index contributed by atoms with van der Waals surface area (Å²) in [6.45, 7) is 10.6. The lowest BCUT2D eigenvalue weighted by Crippen LogP contribution is -2.49. The van der Waals surface area contributed by atoms with Crippen LogP contribution in [0.25, 0.3) is 0 Å². The summed E-state index contributed by atoms with van der Waals surface area (Å²) in [7, 11) is 4.28. The van der Waals surface area contributed by atoms with Gasteiger partial charge in [-0.25, -0.2) is 0 Å². The quantitative estimate of drug-likeness (QED) is 0.889. The van der Waals surface area contributed by atoms with E-state index in [2.05, 4.69) is 73.4 Å². The number of piperazine rings is 1. The standard InChI is InChI=1S/C17H29N3/c1-17(2,14-20-12-10-19(4)11-13-20)16(18-3)15-8-6-5-7-9-15/h5-9,16,18H,10-14H2,1-4H3.